The summed E-state index contributed by atoms with van der Waals surface area (Å²) in [6.07, 6.45) is 3.44. The van der Waals surface area contributed by atoms with Crippen molar-refractivity contribution in [1.82, 2.24) is 0 Å². The smallest absolute Gasteiger partial charge is 0.251 e. The summed E-state index contributed by atoms with van der Waals surface area (Å²) in [6.45, 7) is 8.39. The quantitative estimate of drug-likeness (QED) is 0.698. The number of rotatable bonds is 6. The van der Waals surface area contributed by atoms with Gasteiger partial charge in [0.2, 0.25) is 0 Å². The zero-order valence-corrected chi connectivity index (χ0v) is 17.0. The molecule has 3 rings (SSSR count). The van der Waals surface area contributed by atoms with E-state index in [4.69, 9.17) is 9.47 Å². The number of para-hydroxylation sites is 2. The Labute approximate surface area is 167 Å². The van der Waals surface area contributed by atoms with E-state index in [1.807, 2.05) is 54.3 Å². The molecule has 1 amide bonds. The number of ether oxygens (including phenoxy) is 2. The lowest BCUT2D eigenvalue weighted by Crippen LogP contribution is -2.49. The number of benzene rings is 2. The van der Waals surface area contributed by atoms with Gasteiger partial charge in [-0.25, -0.2) is 0 Å². The number of fused-ring (bicyclic) bond motifs is 1. The highest BCUT2D eigenvalue weighted by Crippen LogP contribution is 2.35. The third kappa shape index (κ3) is 3.98. The third-order valence-electron chi connectivity index (χ3n) is 4.97. The fourth-order valence-corrected chi connectivity index (χ4v) is 3.64. The summed E-state index contributed by atoms with van der Waals surface area (Å²) in [6, 6.07) is 14.0. The molecule has 0 saturated carbocycles. The van der Waals surface area contributed by atoms with Crippen LogP contribution < -0.4 is 19.3 Å². The average molecular weight is 380 g/mol. The van der Waals surface area contributed by atoms with Gasteiger partial charge in [0.05, 0.1) is 25.1 Å². The van der Waals surface area contributed by atoms with Crippen molar-refractivity contribution in [2.24, 2.45) is 0 Å². The monoisotopic (exact) mass is 380 g/mol. The second kappa shape index (κ2) is 8.83. The molecule has 0 aliphatic carbocycles. The Hall–Kier alpha value is -2.95. The van der Waals surface area contributed by atoms with Gasteiger partial charge in [-0.1, -0.05) is 18.2 Å². The molecule has 1 unspecified atom stereocenters. The molecule has 1 aliphatic rings. The van der Waals surface area contributed by atoms with Crippen LogP contribution >= 0.6 is 0 Å². The molecule has 1 aliphatic heterocycles. The maximum Gasteiger partial charge on any atom is 0.251 e. The number of carbonyl (C=O) groups excluding carboxylic acids is 1. The van der Waals surface area contributed by atoms with E-state index in [2.05, 4.69) is 24.8 Å². The molecule has 5 nitrogen and oxygen atoms in total. The normalized spacial score (nSPS) is 16.2. The molecule has 148 valence electrons. The fourth-order valence-electron chi connectivity index (χ4n) is 3.64. The van der Waals surface area contributed by atoms with Crippen molar-refractivity contribution in [2.45, 2.75) is 26.8 Å². The summed E-state index contributed by atoms with van der Waals surface area (Å²) < 4.78 is 10.9. The van der Waals surface area contributed by atoms with E-state index in [-0.39, 0.29) is 11.9 Å². The van der Waals surface area contributed by atoms with E-state index >= 15 is 0 Å². The number of hydrogen-bond acceptors (Lipinski definition) is 4. The van der Waals surface area contributed by atoms with Crippen molar-refractivity contribution in [3.8, 4) is 11.5 Å². The summed E-state index contributed by atoms with van der Waals surface area (Å²) in [5.74, 6) is 1.33. The molecule has 0 spiro atoms. The van der Waals surface area contributed by atoms with Crippen LogP contribution in [0.4, 0.5) is 11.4 Å². The van der Waals surface area contributed by atoms with E-state index in [0.717, 1.165) is 23.5 Å². The van der Waals surface area contributed by atoms with Gasteiger partial charge in [0.25, 0.3) is 5.91 Å². The van der Waals surface area contributed by atoms with Crippen molar-refractivity contribution in [3.05, 3.63) is 54.1 Å². The minimum atomic E-state index is -0.0251. The lowest BCUT2D eigenvalue weighted by molar-refractivity contribution is -0.114. The first-order valence-corrected chi connectivity index (χ1v) is 9.75. The summed E-state index contributed by atoms with van der Waals surface area (Å²) >= 11 is 0. The van der Waals surface area contributed by atoms with E-state index in [1.54, 1.807) is 13.2 Å². The predicted octanol–water partition coefficient (Wildman–Crippen LogP) is 4.37. The Balaban J connectivity index is 1.83. The lowest BCUT2D eigenvalue weighted by Gasteiger charge is -2.41. The molecule has 0 bridgehead atoms. The maximum atomic E-state index is 13.0. The number of carbonyl (C=O) groups is 1. The van der Waals surface area contributed by atoms with Crippen LogP contribution in [0.1, 0.15) is 26.3 Å². The van der Waals surface area contributed by atoms with Gasteiger partial charge >= 0.3 is 0 Å². The first-order chi connectivity index (χ1) is 13.6. The van der Waals surface area contributed by atoms with E-state index in [9.17, 15) is 4.79 Å². The molecule has 0 aromatic heterocycles. The zero-order valence-electron chi connectivity index (χ0n) is 17.0. The molecular weight excluding hydrogens is 352 g/mol. The predicted molar refractivity (Wildman–Crippen MR) is 114 cm³/mol. The number of methoxy groups -OCH3 is 1. The van der Waals surface area contributed by atoms with Gasteiger partial charge < -0.3 is 19.3 Å². The van der Waals surface area contributed by atoms with Crippen molar-refractivity contribution >= 4 is 23.4 Å². The van der Waals surface area contributed by atoms with Gasteiger partial charge in [-0.05, 0) is 56.7 Å². The fraction of sp³-hybridized carbons (Fsp3) is 0.348. The van der Waals surface area contributed by atoms with E-state index in [1.165, 1.54) is 0 Å². The molecule has 1 atom stereocenters. The standard InChI is InChI=1S/C23H28N2O3/c1-5-24-17(3)16-25(20-10-8-7-9-19(20)24)23(26)14-12-18-11-13-21(28-6-2)22(15-18)27-4/h7-15,17H,5-6,16H2,1-4H3/b14-12+. The molecular formula is C23H28N2O3. The topological polar surface area (TPSA) is 42.0 Å². The van der Waals surface area contributed by atoms with Crippen molar-refractivity contribution in [1.29, 1.82) is 0 Å². The summed E-state index contributed by atoms with van der Waals surface area (Å²) in [5, 5.41) is 0. The molecule has 0 radical (unpaired) electrons. The number of amides is 1. The van der Waals surface area contributed by atoms with Crippen LogP contribution in [0.5, 0.6) is 11.5 Å². The number of nitrogens with zero attached hydrogens (tertiary/aromatic N) is 2. The highest BCUT2D eigenvalue weighted by atomic mass is 16.5. The minimum Gasteiger partial charge on any atom is -0.493 e. The van der Waals surface area contributed by atoms with Crippen molar-refractivity contribution in [2.75, 3.05) is 36.6 Å². The summed E-state index contributed by atoms with van der Waals surface area (Å²) in [5.41, 5.74) is 2.96. The largest absolute Gasteiger partial charge is 0.493 e. The first kappa shape index (κ1) is 19.8. The number of anilines is 2. The summed E-state index contributed by atoms with van der Waals surface area (Å²) in [7, 11) is 1.61. The van der Waals surface area contributed by atoms with Gasteiger partial charge in [0.15, 0.2) is 11.5 Å². The Morgan fingerprint density at radius 3 is 2.57 bits per heavy atom. The maximum absolute atomic E-state index is 13.0. The van der Waals surface area contributed by atoms with Crippen LogP contribution in [0.2, 0.25) is 0 Å². The van der Waals surface area contributed by atoms with Crippen LogP contribution in [-0.4, -0.2) is 38.8 Å². The highest BCUT2D eigenvalue weighted by molar-refractivity contribution is 6.06. The van der Waals surface area contributed by atoms with Gasteiger partial charge in [0, 0.05) is 25.2 Å². The van der Waals surface area contributed by atoms with Gasteiger partial charge in [-0.2, -0.15) is 0 Å². The Morgan fingerprint density at radius 1 is 1.14 bits per heavy atom. The molecule has 2 aromatic carbocycles. The van der Waals surface area contributed by atoms with Gasteiger partial charge in [-0.3, -0.25) is 4.79 Å². The Bertz CT molecular complexity index is 863. The van der Waals surface area contributed by atoms with Crippen LogP contribution in [-0.2, 0) is 4.79 Å². The molecule has 5 heteroatoms. The zero-order chi connectivity index (χ0) is 20.1. The first-order valence-electron chi connectivity index (χ1n) is 9.75. The molecule has 0 fully saturated rings. The SMILES string of the molecule is CCOc1ccc(/C=C/C(=O)N2CC(C)N(CC)c3ccccc32)cc1OC. The highest BCUT2D eigenvalue weighted by Gasteiger charge is 2.29. The van der Waals surface area contributed by atoms with Crippen LogP contribution in [0.3, 0.4) is 0 Å². The van der Waals surface area contributed by atoms with Crippen LogP contribution in [0, 0.1) is 0 Å². The number of likely N-dealkylation sites (N-methyl/N-ethyl adjacent to an activating group) is 1. The minimum absolute atomic E-state index is 0.0251. The van der Waals surface area contributed by atoms with E-state index in [0.29, 0.717) is 24.7 Å². The Morgan fingerprint density at radius 2 is 1.89 bits per heavy atom. The lowest BCUT2D eigenvalue weighted by atomic mass is 10.1. The average Bonchev–Trinajstić information content (AvgIpc) is 2.72. The van der Waals surface area contributed by atoms with Gasteiger partial charge in [-0.15, -0.1) is 0 Å². The van der Waals surface area contributed by atoms with Crippen LogP contribution in [0.25, 0.3) is 6.08 Å². The van der Waals surface area contributed by atoms with Crippen LogP contribution in [0.15, 0.2) is 48.5 Å². The molecule has 28 heavy (non-hydrogen) atoms. The Kier molecular flexibility index (Phi) is 6.24. The third-order valence-corrected chi connectivity index (χ3v) is 4.97. The van der Waals surface area contributed by atoms with Crippen molar-refractivity contribution < 1.29 is 14.3 Å². The summed E-state index contributed by atoms with van der Waals surface area (Å²) in [4.78, 5) is 17.2. The second-order valence-corrected chi connectivity index (χ2v) is 6.75. The van der Waals surface area contributed by atoms with Gasteiger partial charge in [0.1, 0.15) is 0 Å². The van der Waals surface area contributed by atoms with E-state index < -0.39 is 0 Å². The number of hydrogen-bond donors (Lipinski definition) is 0. The second-order valence-electron chi connectivity index (χ2n) is 6.75. The molecule has 1 heterocycles. The molecule has 0 N–H and O–H groups in total. The molecule has 0 saturated heterocycles. The molecule has 2 aromatic rings. The van der Waals surface area contributed by atoms with Crippen molar-refractivity contribution in [3.63, 3.8) is 0 Å².